The van der Waals surface area contributed by atoms with Gasteiger partial charge in [-0.25, -0.2) is 9.18 Å². The van der Waals surface area contributed by atoms with E-state index in [9.17, 15) is 14.0 Å². The Bertz CT molecular complexity index is 506. The molecule has 1 atom stereocenters. The van der Waals surface area contributed by atoms with Crippen LogP contribution in [0.15, 0.2) is 18.2 Å². The van der Waals surface area contributed by atoms with E-state index in [-0.39, 0.29) is 11.3 Å². The summed E-state index contributed by atoms with van der Waals surface area (Å²) in [6.07, 6.45) is -1.03. The largest absolute Gasteiger partial charge is 0.497 e. The number of esters is 1. The van der Waals surface area contributed by atoms with Gasteiger partial charge in [0, 0.05) is 19.7 Å². The maximum absolute atomic E-state index is 13.7. The second kappa shape index (κ2) is 8.21. The van der Waals surface area contributed by atoms with Crippen LogP contribution < -0.4 is 10.1 Å². The molecule has 1 rings (SSSR count). The van der Waals surface area contributed by atoms with Gasteiger partial charge in [-0.15, -0.1) is 0 Å². The van der Waals surface area contributed by atoms with Gasteiger partial charge in [-0.3, -0.25) is 4.79 Å². The number of hydrogen-bond acceptors (Lipinski definition) is 5. The number of carbonyl (C=O) groups is 2. The van der Waals surface area contributed by atoms with E-state index in [1.54, 1.807) is 0 Å². The van der Waals surface area contributed by atoms with Crippen molar-refractivity contribution in [2.24, 2.45) is 0 Å². The summed E-state index contributed by atoms with van der Waals surface area (Å²) in [7, 11) is 2.89. The fraction of sp³-hybridized carbons (Fsp3) is 0.429. The van der Waals surface area contributed by atoms with Crippen molar-refractivity contribution < 1.29 is 28.2 Å². The SMILES string of the molecule is COCCNC(=O)[C@@H](C)OC(=O)c1ccc(OC)cc1F. The standard InChI is InChI=1S/C14H18FNO5/c1-9(13(17)16-6-7-19-2)21-14(18)11-5-4-10(20-3)8-12(11)15/h4-5,8-9H,6-7H2,1-3H3,(H,16,17)/t9-/m1/s1. The third-order valence-corrected chi connectivity index (χ3v) is 2.65. The van der Waals surface area contributed by atoms with E-state index >= 15 is 0 Å². The van der Waals surface area contributed by atoms with E-state index in [0.717, 1.165) is 6.07 Å². The third-order valence-electron chi connectivity index (χ3n) is 2.65. The Morgan fingerprint density at radius 2 is 2.05 bits per heavy atom. The van der Waals surface area contributed by atoms with E-state index < -0.39 is 23.8 Å². The minimum Gasteiger partial charge on any atom is -0.497 e. The first-order chi connectivity index (χ1) is 9.99. The van der Waals surface area contributed by atoms with Crippen molar-refractivity contribution in [3.63, 3.8) is 0 Å². The van der Waals surface area contributed by atoms with Crippen molar-refractivity contribution in [1.82, 2.24) is 5.32 Å². The molecule has 7 heteroatoms. The molecule has 0 unspecified atom stereocenters. The molecule has 1 aromatic carbocycles. The van der Waals surface area contributed by atoms with Gasteiger partial charge >= 0.3 is 5.97 Å². The van der Waals surface area contributed by atoms with Crippen molar-refractivity contribution in [2.75, 3.05) is 27.4 Å². The Morgan fingerprint density at radius 1 is 1.33 bits per heavy atom. The van der Waals surface area contributed by atoms with Gasteiger partial charge in [0.2, 0.25) is 0 Å². The predicted molar refractivity (Wildman–Crippen MR) is 72.7 cm³/mol. The van der Waals surface area contributed by atoms with Crippen molar-refractivity contribution >= 4 is 11.9 Å². The van der Waals surface area contributed by atoms with Crippen LogP contribution in [-0.4, -0.2) is 45.4 Å². The Kier molecular flexibility index (Phi) is 6.61. The van der Waals surface area contributed by atoms with E-state index in [1.807, 2.05) is 0 Å². The zero-order valence-electron chi connectivity index (χ0n) is 12.1. The topological polar surface area (TPSA) is 73.9 Å². The summed E-state index contributed by atoms with van der Waals surface area (Å²) in [5, 5.41) is 2.52. The lowest BCUT2D eigenvalue weighted by Crippen LogP contribution is -2.37. The highest BCUT2D eigenvalue weighted by molar-refractivity contribution is 5.92. The van der Waals surface area contributed by atoms with Crippen LogP contribution in [0.5, 0.6) is 5.75 Å². The first kappa shape index (κ1) is 16.9. The second-order valence-corrected chi connectivity index (χ2v) is 4.18. The lowest BCUT2D eigenvalue weighted by atomic mass is 10.2. The molecule has 0 aliphatic carbocycles. The molecule has 116 valence electrons. The lowest BCUT2D eigenvalue weighted by molar-refractivity contribution is -0.129. The van der Waals surface area contributed by atoms with Gasteiger partial charge in [0.15, 0.2) is 6.10 Å². The number of benzene rings is 1. The van der Waals surface area contributed by atoms with Gasteiger partial charge in [-0.1, -0.05) is 0 Å². The molecule has 0 spiro atoms. The Balaban J connectivity index is 2.62. The smallest absolute Gasteiger partial charge is 0.341 e. The summed E-state index contributed by atoms with van der Waals surface area (Å²) < 4.78 is 28.2. The molecule has 0 heterocycles. The number of hydrogen-bond donors (Lipinski definition) is 1. The van der Waals surface area contributed by atoms with Crippen LogP contribution in [0.3, 0.4) is 0 Å². The number of amides is 1. The predicted octanol–water partition coefficient (Wildman–Crippen LogP) is 1.14. The lowest BCUT2D eigenvalue weighted by Gasteiger charge is -2.13. The molecule has 0 saturated carbocycles. The minimum absolute atomic E-state index is 0.257. The number of ether oxygens (including phenoxy) is 3. The maximum Gasteiger partial charge on any atom is 0.341 e. The molecule has 0 radical (unpaired) electrons. The molecule has 21 heavy (non-hydrogen) atoms. The van der Waals surface area contributed by atoms with Gasteiger partial charge < -0.3 is 19.5 Å². The molecule has 0 aromatic heterocycles. The summed E-state index contributed by atoms with van der Waals surface area (Å²) in [4.78, 5) is 23.4. The van der Waals surface area contributed by atoms with Crippen molar-refractivity contribution in [2.45, 2.75) is 13.0 Å². The zero-order valence-corrected chi connectivity index (χ0v) is 12.1. The molecule has 0 bridgehead atoms. The van der Waals surface area contributed by atoms with E-state index in [2.05, 4.69) is 5.32 Å². The second-order valence-electron chi connectivity index (χ2n) is 4.18. The zero-order chi connectivity index (χ0) is 15.8. The Hall–Kier alpha value is -2.15. The Labute approximate surface area is 122 Å². The van der Waals surface area contributed by atoms with Gasteiger partial charge in [0.1, 0.15) is 11.6 Å². The summed E-state index contributed by atoms with van der Waals surface area (Å²) >= 11 is 0. The molecule has 0 fully saturated rings. The van der Waals surface area contributed by atoms with E-state index in [1.165, 1.54) is 33.3 Å². The summed E-state index contributed by atoms with van der Waals surface area (Å²) in [5.41, 5.74) is -0.257. The average Bonchev–Trinajstić information content (AvgIpc) is 2.46. The number of halogens is 1. The maximum atomic E-state index is 13.7. The first-order valence-electron chi connectivity index (χ1n) is 6.30. The monoisotopic (exact) mass is 299 g/mol. The quantitative estimate of drug-likeness (QED) is 0.604. The van der Waals surface area contributed by atoms with Gasteiger partial charge in [0.05, 0.1) is 19.3 Å². The molecule has 1 N–H and O–H groups in total. The number of rotatable bonds is 7. The highest BCUT2D eigenvalue weighted by Crippen LogP contribution is 2.17. The van der Waals surface area contributed by atoms with Crippen LogP contribution in [0, 0.1) is 5.82 Å². The highest BCUT2D eigenvalue weighted by Gasteiger charge is 2.21. The van der Waals surface area contributed by atoms with Gasteiger partial charge in [-0.2, -0.15) is 0 Å². The molecule has 1 amide bonds. The van der Waals surface area contributed by atoms with Crippen LogP contribution >= 0.6 is 0 Å². The highest BCUT2D eigenvalue weighted by atomic mass is 19.1. The van der Waals surface area contributed by atoms with Gasteiger partial charge in [-0.05, 0) is 19.1 Å². The first-order valence-corrected chi connectivity index (χ1v) is 6.30. The van der Waals surface area contributed by atoms with Crippen molar-refractivity contribution in [1.29, 1.82) is 0 Å². The fourth-order valence-electron chi connectivity index (χ4n) is 1.49. The van der Waals surface area contributed by atoms with Crippen LogP contribution in [-0.2, 0) is 14.3 Å². The van der Waals surface area contributed by atoms with Crippen molar-refractivity contribution in [3.8, 4) is 5.75 Å². The van der Waals surface area contributed by atoms with Crippen molar-refractivity contribution in [3.05, 3.63) is 29.6 Å². The molecule has 6 nitrogen and oxygen atoms in total. The third kappa shape index (κ3) is 5.03. The average molecular weight is 299 g/mol. The van der Waals surface area contributed by atoms with Gasteiger partial charge in [0.25, 0.3) is 5.91 Å². The minimum atomic E-state index is -1.03. The van der Waals surface area contributed by atoms with E-state index in [4.69, 9.17) is 14.2 Å². The number of nitrogens with one attached hydrogen (secondary N) is 1. The molecular formula is C14H18FNO5. The normalized spacial score (nSPS) is 11.6. The molecule has 0 aliphatic heterocycles. The molecular weight excluding hydrogens is 281 g/mol. The van der Waals surface area contributed by atoms with Crippen LogP contribution in [0.4, 0.5) is 4.39 Å². The van der Waals surface area contributed by atoms with Crippen LogP contribution in [0.25, 0.3) is 0 Å². The molecule has 1 aromatic rings. The summed E-state index contributed by atoms with van der Waals surface area (Å²) in [6, 6.07) is 3.75. The van der Waals surface area contributed by atoms with E-state index in [0.29, 0.717) is 13.2 Å². The van der Waals surface area contributed by atoms with Crippen LogP contribution in [0.2, 0.25) is 0 Å². The fourth-order valence-corrected chi connectivity index (χ4v) is 1.49. The summed E-state index contributed by atoms with van der Waals surface area (Å²) in [6.45, 7) is 2.05. The summed E-state index contributed by atoms with van der Waals surface area (Å²) in [5.74, 6) is -1.88. The molecule has 0 aliphatic rings. The number of carbonyl (C=O) groups excluding carboxylic acids is 2. The number of methoxy groups -OCH3 is 2. The van der Waals surface area contributed by atoms with Crippen LogP contribution in [0.1, 0.15) is 17.3 Å². The Morgan fingerprint density at radius 3 is 2.62 bits per heavy atom. The molecule has 0 saturated heterocycles.